The number of hydrogen-bond acceptors (Lipinski definition) is 3. The van der Waals surface area contributed by atoms with E-state index >= 15 is 0 Å². The molecule has 1 aromatic rings. The summed E-state index contributed by atoms with van der Waals surface area (Å²) in [7, 11) is 0. The third-order valence-corrected chi connectivity index (χ3v) is 3.82. The number of carbonyl (C=O) groups is 1. The van der Waals surface area contributed by atoms with Gasteiger partial charge in [-0.05, 0) is 32.9 Å². The predicted molar refractivity (Wildman–Crippen MR) is 80.4 cm³/mol. The number of nitrogens with zero attached hydrogens (tertiary/aromatic N) is 2. The minimum atomic E-state index is -0.0370. The maximum absolute atomic E-state index is 12.0. The van der Waals surface area contributed by atoms with E-state index in [1.807, 2.05) is 33.0 Å². The Hall–Kier alpha value is -1.33. The van der Waals surface area contributed by atoms with Crippen LogP contribution >= 0.6 is 0 Å². The van der Waals surface area contributed by atoms with E-state index < -0.39 is 0 Å². The molecule has 2 rings (SSSR count). The zero-order valence-corrected chi connectivity index (χ0v) is 12.7. The molecule has 0 unspecified atom stereocenters. The third kappa shape index (κ3) is 4.08. The molecule has 1 aromatic heterocycles. The fourth-order valence-electron chi connectivity index (χ4n) is 2.59. The lowest BCUT2D eigenvalue weighted by atomic mass is 10.2. The van der Waals surface area contributed by atoms with Gasteiger partial charge in [-0.1, -0.05) is 0 Å². The molecule has 112 valence electrons. The van der Waals surface area contributed by atoms with Crippen LogP contribution in [0.2, 0.25) is 0 Å². The van der Waals surface area contributed by atoms with Crippen molar-refractivity contribution in [3.05, 3.63) is 24.0 Å². The molecule has 0 aromatic carbocycles. The van der Waals surface area contributed by atoms with Crippen LogP contribution in [0.4, 0.5) is 0 Å². The third-order valence-electron chi connectivity index (χ3n) is 3.82. The van der Waals surface area contributed by atoms with Gasteiger partial charge in [0.1, 0.15) is 0 Å². The topological polar surface area (TPSA) is 51.4 Å². The average molecular weight is 278 g/mol. The molecule has 5 nitrogen and oxygen atoms in total. The van der Waals surface area contributed by atoms with Gasteiger partial charge in [0.25, 0.3) is 0 Å². The summed E-state index contributed by atoms with van der Waals surface area (Å²) in [6, 6.07) is 4.32. The van der Waals surface area contributed by atoms with Crippen LogP contribution in [0.5, 0.6) is 0 Å². The van der Waals surface area contributed by atoms with Crippen molar-refractivity contribution in [2.45, 2.75) is 39.4 Å². The van der Waals surface area contributed by atoms with Crippen molar-refractivity contribution in [1.29, 1.82) is 0 Å². The van der Waals surface area contributed by atoms with Gasteiger partial charge >= 0.3 is 0 Å². The van der Waals surface area contributed by atoms with Crippen molar-refractivity contribution in [3.63, 3.8) is 0 Å². The summed E-state index contributed by atoms with van der Waals surface area (Å²) in [4.78, 5) is 20.0. The molecule has 0 spiro atoms. The number of H-pyrrole nitrogens is 1. The van der Waals surface area contributed by atoms with E-state index in [1.54, 1.807) is 0 Å². The highest BCUT2D eigenvalue weighted by atomic mass is 16.2. The van der Waals surface area contributed by atoms with Gasteiger partial charge in [0, 0.05) is 50.7 Å². The van der Waals surface area contributed by atoms with E-state index in [-0.39, 0.29) is 18.0 Å². The first-order valence-electron chi connectivity index (χ1n) is 7.45. The molecule has 1 saturated heterocycles. The molecular formula is C15H26N4O. The summed E-state index contributed by atoms with van der Waals surface area (Å²) in [5.41, 5.74) is 1.25. The largest absolute Gasteiger partial charge is 0.364 e. The van der Waals surface area contributed by atoms with Crippen molar-refractivity contribution in [2.75, 3.05) is 26.2 Å². The minimum absolute atomic E-state index is 0.0370. The predicted octanol–water partition coefficient (Wildman–Crippen LogP) is 1.05. The van der Waals surface area contributed by atoms with Crippen molar-refractivity contribution in [2.24, 2.45) is 0 Å². The van der Waals surface area contributed by atoms with E-state index in [1.165, 1.54) is 5.69 Å². The monoisotopic (exact) mass is 278 g/mol. The molecule has 2 heterocycles. The van der Waals surface area contributed by atoms with E-state index in [0.29, 0.717) is 0 Å². The quantitative estimate of drug-likeness (QED) is 0.846. The van der Waals surface area contributed by atoms with Crippen molar-refractivity contribution >= 4 is 5.91 Å². The molecule has 0 bridgehead atoms. The molecule has 0 radical (unpaired) electrons. The Balaban J connectivity index is 1.77. The number of rotatable bonds is 5. The summed E-state index contributed by atoms with van der Waals surface area (Å²) in [6.45, 7) is 10.9. The lowest BCUT2D eigenvalue weighted by Crippen LogP contribution is -2.54. The summed E-state index contributed by atoms with van der Waals surface area (Å²) in [5.74, 6) is 0.137. The SMILES string of the molecule is CC(C)NC(=O)[C@@H](C)N1CCN(Cc2ccc[nH]2)CC1. The van der Waals surface area contributed by atoms with Gasteiger partial charge in [-0.2, -0.15) is 0 Å². The highest BCUT2D eigenvalue weighted by Crippen LogP contribution is 2.09. The number of nitrogens with one attached hydrogen (secondary N) is 2. The van der Waals surface area contributed by atoms with Gasteiger partial charge in [-0.15, -0.1) is 0 Å². The van der Waals surface area contributed by atoms with Crippen LogP contribution in [0.15, 0.2) is 18.3 Å². The van der Waals surface area contributed by atoms with Crippen LogP contribution in [0, 0.1) is 0 Å². The average Bonchev–Trinajstić information content (AvgIpc) is 2.91. The normalized spacial score (nSPS) is 19.2. The number of amides is 1. The zero-order valence-electron chi connectivity index (χ0n) is 12.7. The Morgan fingerprint density at radius 3 is 2.55 bits per heavy atom. The van der Waals surface area contributed by atoms with Gasteiger partial charge in [0.15, 0.2) is 0 Å². The van der Waals surface area contributed by atoms with Crippen molar-refractivity contribution in [3.8, 4) is 0 Å². The summed E-state index contributed by atoms with van der Waals surface area (Å²) in [5, 5.41) is 2.99. The Morgan fingerprint density at radius 2 is 2.00 bits per heavy atom. The molecule has 1 aliphatic heterocycles. The van der Waals surface area contributed by atoms with Gasteiger partial charge in [0.2, 0.25) is 5.91 Å². The first-order chi connectivity index (χ1) is 9.56. The molecule has 1 aliphatic rings. The highest BCUT2D eigenvalue weighted by molar-refractivity contribution is 5.81. The number of carbonyl (C=O) groups excluding carboxylic acids is 1. The maximum Gasteiger partial charge on any atom is 0.237 e. The van der Waals surface area contributed by atoms with E-state index in [2.05, 4.69) is 26.2 Å². The fourth-order valence-corrected chi connectivity index (χ4v) is 2.59. The number of hydrogen-bond donors (Lipinski definition) is 2. The highest BCUT2D eigenvalue weighted by Gasteiger charge is 2.25. The van der Waals surface area contributed by atoms with Crippen molar-refractivity contribution < 1.29 is 4.79 Å². The van der Waals surface area contributed by atoms with E-state index in [4.69, 9.17) is 0 Å². The minimum Gasteiger partial charge on any atom is -0.364 e. The summed E-state index contributed by atoms with van der Waals surface area (Å²) < 4.78 is 0. The zero-order chi connectivity index (χ0) is 14.5. The van der Waals surface area contributed by atoms with Gasteiger partial charge in [-0.25, -0.2) is 0 Å². The molecule has 1 amide bonds. The van der Waals surface area contributed by atoms with E-state index in [0.717, 1.165) is 32.7 Å². The molecular weight excluding hydrogens is 252 g/mol. The van der Waals surface area contributed by atoms with Crippen LogP contribution in [-0.4, -0.2) is 59.0 Å². The van der Waals surface area contributed by atoms with Crippen LogP contribution in [0.3, 0.4) is 0 Å². The first-order valence-corrected chi connectivity index (χ1v) is 7.45. The van der Waals surface area contributed by atoms with Crippen molar-refractivity contribution in [1.82, 2.24) is 20.1 Å². The number of aromatic amines is 1. The Kier molecular flexibility index (Phi) is 5.20. The van der Waals surface area contributed by atoms with E-state index in [9.17, 15) is 4.79 Å². The van der Waals surface area contributed by atoms with Gasteiger partial charge < -0.3 is 10.3 Å². The number of aromatic nitrogens is 1. The Morgan fingerprint density at radius 1 is 1.30 bits per heavy atom. The number of piperazine rings is 1. The molecule has 20 heavy (non-hydrogen) atoms. The first kappa shape index (κ1) is 15.1. The fraction of sp³-hybridized carbons (Fsp3) is 0.667. The molecule has 1 fully saturated rings. The lowest BCUT2D eigenvalue weighted by molar-refractivity contribution is -0.127. The maximum atomic E-state index is 12.0. The van der Waals surface area contributed by atoms with Crippen LogP contribution in [-0.2, 0) is 11.3 Å². The Bertz CT molecular complexity index is 408. The molecule has 0 aliphatic carbocycles. The second kappa shape index (κ2) is 6.90. The second-order valence-electron chi connectivity index (χ2n) is 5.85. The molecule has 5 heteroatoms. The standard InChI is InChI=1S/C15H26N4O/c1-12(2)17-15(20)13(3)19-9-7-18(8-10-19)11-14-5-4-6-16-14/h4-6,12-13,16H,7-11H2,1-3H3,(H,17,20)/t13-/m1/s1. The lowest BCUT2D eigenvalue weighted by Gasteiger charge is -2.37. The van der Waals surface area contributed by atoms with Crippen LogP contribution in [0.25, 0.3) is 0 Å². The summed E-state index contributed by atoms with van der Waals surface area (Å²) in [6.07, 6.45) is 1.96. The Labute approximate surface area is 121 Å². The molecule has 0 saturated carbocycles. The smallest absolute Gasteiger partial charge is 0.237 e. The second-order valence-corrected chi connectivity index (χ2v) is 5.85. The molecule has 1 atom stereocenters. The summed E-state index contributed by atoms with van der Waals surface area (Å²) >= 11 is 0. The van der Waals surface area contributed by atoms with Crippen LogP contribution in [0.1, 0.15) is 26.5 Å². The van der Waals surface area contributed by atoms with Gasteiger partial charge in [-0.3, -0.25) is 14.6 Å². The molecule has 2 N–H and O–H groups in total. The van der Waals surface area contributed by atoms with Gasteiger partial charge in [0.05, 0.1) is 6.04 Å². The van der Waals surface area contributed by atoms with Crippen LogP contribution < -0.4 is 5.32 Å².